The van der Waals surface area contributed by atoms with Crippen molar-refractivity contribution in [1.29, 1.82) is 0 Å². The molecule has 0 bridgehead atoms. The minimum atomic E-state index is -3.86. The summed E-state index contributed by atoms with van der Waals surface area (Å²) in [6.07, 6.45) is 6.87. The van der Waals surface area contributed by atoms with Crippen LogP contribution in [0, 0.1) is 0 Å². The van der Waals surface area contributed by atoms with Crippen LogP contribution < -0.4 is 0 Å². The monoisotopic (exact) mass is 540 g/mol. The number of sulfone groups is 1. The number of ether oxygens (including phenoxy) is 3. The summed E-state index contributed by atoms with van der Waals surface area (Å²) in [4.78, 5) is 0. The van der Waals surface area contributed by atoms with Gasteiger partial charge in [0.1, 0.15) is 49.0 Å². The molecule has 1 aromatic rings. The number of allylic oxidation sites excluding steroid dienone is 4. The first-order valence-electron chi connectivity index (χ1n) is 10.4. The first kappa shape index (κ1) is 24.2. The Hall–Kier alpha value is -1.95. The van der Waals surface area contributed by atoms with Gasteiger partial charge >= 0.3 is 0 Å². The van der Waals surface area contributed by atoms with Gasteiger partial charge in [-0.15, -0.1) is 0 Å². The number of hydrogen-bond donors (Lipinski definition) is 3. The highest BCUT2D eigenvalue weighted by Crippen LogP contribution is 2.43. The van der Waals surface area contributed by atoms with E-state index in [1.807, 2.05) is 12.2 Å². The summed E-state index contributed by atoms with van der Waals surface area (Å²) < 4.78 is 41.7. The van der Waals surface area contributed by atoms with Crippen LogP contribution in [0.2, 0.25) is 0 Å². The normalized spacial score (nSPS) is 30.6. The molecule has 6 atom stereocenters. The fourth-order valence-electron chi connectivity index (χ4n) is 4.24. The molecular formula is C23H25BrO8S. The maximum absolute atomic E-state index is 12.1. The van der Waals surface area contributed by atoms with E-state index in [4.69, 9.17) is 14.2 Å². The third-order valence-electron chi connectivity index (χ3n) is 5.87. The second-order valence-corrected chi connectivity index (χ2v) is 11.2. The Bertz CT molecular complexity index is 1120. The lowest BCUT2D eigenvalue weighted by molar-refractivity contribution is -0.202. The lowest BCUT2D eigenvalue weighted by Crippen LogP contribution is -2.56. The zero-order chi connectivity index (χ0) is 23.8. The van der Waals surface area contributed by atoms with Crippen LogP contribution >= 0.6 is 15.9 Å². The minimum absolute atomic E-state index is 0.323. The smallest absolute Gasteiger partial charge is 0.187 e. The fraction of sp³-hybridized carbons (Fsp3) is 0.391. The van der Waals surface area contributed by atoms with E-state index in [1.165, 1.54) is 18.8 Å². The van der Waals surface area contributed by atoms with Gasteiger partial charge < -0.3 is 29.5 Å². The molecule has 0 aromatic heterocycles. The second-order valence-electron chi connectivity index (χ2n) is 8.20. The standard InChI is InChI=1S/C23H25BrO8S/c1-33(28,29)23-21(27)19(25)20(26)22(32-23)14-7-8-16(24)15(11-14)18(13-5-3-2-4-6-13)17-12-30-9-10-31-17/h2-3,5,7-12,18-23,25-27H,4,6H2,1H3/t18?,19-,20-,21+,22+,23-/m1/s1. The van der Waals surface area contributed by atoms with Crippen molar-refractivity contribution in [2.45, 2.75) is 48.6 Å². The zero-order valence-corrected chi connectivity index (χ0v) is 20.1. The highest BCUT2D eigenvalue weighted by atomic mass is 79.9. The molecule has 1 saturated heterocycles. The van der Waals surface area contributed by atoms with Gasteiger partial charge in [0.05, 0.1) is 5.92 Å². The van der Waals surface area contributed by atoms with E-state index in [-0.39, 0.29) is 5.92 Å². The van der Waals surface area contributed by atoms with Crippen LogP contribution in [0.15, 0.2) is 71.0 Å². The van der Waals surface area contributed by atoms with Crippen LogP contribution in [0.4, 0.5) is 0 Å². The molecule has 1 fully saturated rings. The van der Waals surface area contributed by atoms with Gasteiger partial charge in [0.2, 0.25) is 0 Å². The van der Waals surface area contributed by atoms with E-state index in [1.54, 1.807) is 18.2 Å². The first-order chi connectivity index (χ1) is 15.7. The largest absolute Gasteiger partial charge is 0.466 e. The van der Waals surface area contributed by atoms with Crippen LogP contribution in [0.1, 0.15) is 36.0 Å². The Morgan fingerprint density at radius 2 is 1.91 bits per heavy atom. The van der Waals surface area contributed by atoms with Crippen LogP contribution in [0.5, 0.6) is 0 Å². The molecule has 3 N–H and O–H groups in total. The van der Waals surface area contributed by atoms with Crippen LogP contribution in [-0.4, -0.2) is 53.7 Å². The molecule has 1 unspecified atom stereocenters. The van der Waals surface area contributed by atoms with Crippen LogP contribution in [0.25, 0.3) is 0 Å². The molecule has 8 nitrogen and oxygen atoms in total. The predicted molar refractivity (Wildman–Crippen MR) is 123 cm³/mol. The summed E-state index contributed by atoms with van der Waals surface area (Å²) >= 11 is 3.59. The van der Waals surface area contributed by atoms with E-state index in [0.717, 1.165) is 34.7 Å². The molecule has 1 aliphatic carbocycles. The zero-order valence-electron chi connectivity index (χ0n) is 17.7. The fourth-order valence-corrected chi connectivity index (χ4v) is 5.71. The van der Waals surface area contributed by atoms with Crippen LogP contribution in [0.3, 0.4) is 0 Å². The molecular weight excluding hydrogens is 516 g/mol. The molecule has 178 valence electrons. The number of rotatable bonds is 5. The summed E-state index contributed by atoms with van der Waals surface area (Å²) in [7, 11) is -3.86. The molecule has 10 heteroatoms. The van der Waals surface area contributed by atoms with Crippen molar-refractivity contribution in [2.24, 2.45) is 0 Å². The lowest BCUT2D eigenvalue weighted by atomic mass is 9.83. The third-order valence-corrected chi connectivity index (χ3v) is 7.83. The van der Waals surface area contributed by atoms with Gasteiger partial charge in [-0.25, -0.2) is 8.42 Å². The number of hydrogen-bond acceptors (Lipinski definition) is 8. The number of benzene rings is 1. The molecule has 0 saturated carbocycles. The highest BCUT2D eigenvalue weighted by molar-refractivity contribution is 9.10. The topological polar surface area (TPSA) is 123 Å². The Morgan fingerprint density at radius 1 is 1.12 bits per heavy atom. The van der Waals surface area contributed by atoms with Crippen molar-refractivity contribution in [1.82, 2.24) is 0 Å². The molecule has 33 heavy (non-hydrogen) atoms. The Kier molecular flexibility index (Phi) is 7.13. The maximum Gasteiger partial charge on any atom is 0.187 e. The van der Waals surface area contributed by atoms with E-state index in [2.05, 4.69) is 22.0 Å². The molecule has 2 aliphatic heterocycles. The SMILES string of the molecule is CS(=O)(=O)[C@H]1O[C@@H](c2ccc(Br)c(C(C3=CC=CCC3)C3=COC=CO3)c2)[C@H](O)[C@@H](O)[C@@H]1O. The number of halogens is 1. The van der Waals surface area contributed by atoms with Gasteiger partial charge in [0.25, 0.3) is 0 Å². The maximum atomic E-state index is 12.1. The molecule has 4 rings (SSSR count). The van der Waals surface area contributed by atoms with Crippen molar-refractivity contribution in [3.05, 3.63) is 82.1 Å². The molecule has 0 amide bonds. The average molecular weight is 541 g/mol. The van der Waals surface area contributed by atoms with Crippen molar-refractivity contribution in [2.75, 3.05) is 6.26 Å². The van der Waals surface area contributed by atoms with Gasteiger partial charge in [-0.3, -0.25) is 0 Å². The molecule has 2 heterocycles. The van der Waals surface area contributed by atoms with Gasteiger partial charge in [-0.1, -0.05) is 51.9 Å². The van der Waals surface area contributed by atoms with E-state index in [0.29, 0.717) is 11.3 Å². The van der Waals surface area contributed by atoms with Gasteiger partial charge in [-0.05, 0) is 30.0 Å². The molecule has 3 aliphatic rings. The van der Waals surface area contributed by atoms with Crippen molar-refractivity contribution < 1.29 is 37.9 Å². The van der Waals surface area contributed by atoms with Crippen molar-refractivity contribution in [3.8, 4) is 0 Å². The van der Waals surface area contributed by atoms with Crippen molar-refractivity contribution >= 4 is 25.8 Å². The summed E-state index contributed by atoms with van der Waals surface area (Å²) in [6, 6.07) is 5.21. The number of aliphatic hydroxyl groups is 3. The third kappa shape index (κ3) is 4.96. The molecule has 0 spiro atoms. The van der Waals surface area contributed by atoms with E-state index >= 15 is 0 Å². The van der Waals surface area contributed by atoms with E-state index < -0.39 is 39.7 Å². The highest BCUT2D eigenvalue weighted by Gasteiger charge is 2.48. The van der Waals surface area contributed by atoms with Gasteiger partial charge in [0, 0.05) is 10.7 Å². The molecule has 0 radical (unpaired) electrons. The second kappa shape index (κ2) is 9.73. The Balaban J connectivity index is 1.77. The number of aliphatic hydroxyl groups excluding tert-OH is 3. The van der Waals surface area contributed by atoms with Crippen LogP contribution in [-0.2, 0) is 24.0 Å². The minimum Gasteiger partial charge on any atom is -0.466 e. The lowest BCUT2D eigenvalue weighted by Gasteiger charge is -2.40. The quantitative estimate of drug-likeness (QED) is 0.520. The van der Waals surface area contributed by atoms with Gasteiger partial charge in [0.15, 0.2) is 15.3 Å². The van der Waals surface area contributed by atoms with Crippen molar-refractivity contribution in [3.63, 3.8) is 0 Å². The van der Waals surface area contributed by atoms with Gasteiger partial charge in [-0.2, -0.15) is 0 Å². The summed E-state index contributed by atoms with van der Waals surface area (Å²) in [5.74, 6) is 0.239. The predicted octanol–water partition coefficient (Wildman–Crippen LogP) is 2.69. The Morgan fingerprint density at radius 3 is 2.55 bits per heavy atom. The first-order valence-corrected chi connectivity index (χ1v) is 13.1. The Labute approximate surface area is 200 Å². The molecule has 1 aromatic carbocycles. The summed E-state index contributed by atoms with van der Waals surface area (Å²) in [5, 5.41) is 31.1. The van der Waals surface area contributed by atoms with E-state index in [9.17, 15) is 23.7 Å². The summed E-state index contributed by atoms with van der Waals surface area (Å²) in [5.41, 5.74) is 0.643. The average Bonchev–Trinajstić information content (AvgIpc) is 2.80. The summed E-state index contributed by atoms with van der Waals surface area (Å²) in [6.45, 7) is 0.